The number of hydrogen-bond acceptors (Lipinski definition) is 6. The summed E-state index contributed by atoms with van der Waals surface area (Å²) in [6.07, 6.45) is 5.49. The van der Waals surface area contributed by atoms with Crippen LogP contribution in [0.1, 0.15) is 65.7 Å². The molecule has 0 bridgehead atoms. The van der Waals surface area contributed by atoms with E-state index in [-0.39, 0.29) is 34.7 Å². The molecule has 0 spiro atoms. The molecule has 10 heteroatoms. The highest BCUT2D eigenvalue weighted by Gasteiger charge is 2.32. The van der Waals surface area contributed by atoms with Gasteiger partial charge in [0.05, 0.1) is 11.3 Å². The molecule has 0 unspecified atom stereocenters. The zero-order valence-electron chi connectivity index (χ0n) is 28.3. The number of halogens is 1. The third-order valence-electron chi connectivity index (χ3n) is 9.22. The number of carbonyl (C=O) groups excluding carboxylic acids is 2. The van der Waals surface area contributed by atoms with Crippen molar-refractivity contribution in [2.75, 3.05) is 32.5 Å². The maximum Gasteiger partial charge on any atom is 0.293 e. The number of aryl methyl sites for hydroxylation is 2. The number of hydrogen-bond donors (Lipinski definition) is 1. The van der Waals surface area contributed by atoms with Gasteiger partial charge in [0.1, 0.15) is 11.9 Å². The summed E-state index contributed by atoms with van der Waals surface area (Å²) in [5, 5.41) is 3.82. The minimum atomic E-state index is -0.504. The van der Waals surface area contributed by atoms with Crippen molar-refractivity contribution in [2.45, 2.75) is 38.6 Å². The topological polar surface area (TPSA) is 92.5 Å². The number of nitrogens with zero attached hydrogens (tertiary/aromatic N) is 5. The molecule has 248 valence electrons. The van der Waals surface area contributed by atoms with E-state index >= 15 is 4.39 Å². The average Bonchev–Trinajstić information content (AvgIpc) is 3.89. The summed E-state index contributed by atoms with van der Waals surface area (Å²) < 4.78 is 18.4. The van der Waals surface area contributed by atoms with Crippen LogP contribution in [0.25, 0.3) is 22.2 Å². The van der Waals surface area contributed by atoms with Gasteiger partial charge in [-0.1, -0.05) is 38.1 Å². The first-order chi connectivity index (χ1) is 23.1. The molecular weight excluding hydrogens is 607 g/mol. The van der Waals surface area contributed by atoms with Crippen LogP contribution in [0.4, 0.5) is 15.9 Å². The number of ketones is 1. The first kappa shape index (κ1) is 32.8. The van der Waals surface area contributed by atoms with E-state index in [9.17, 15) is 14.4 Å². The van der Waals surface area contributed by atoms with Crippen LogP contribution in [0, 0.1) is 5.82 Å². The molecule has 1 saturated carbocycles. The van der Waals surface area contributed by atoms with Crippen molar-refractivity contribution < 1.29 is 14.0 Å². The Balaban J connectivity index is 0.00000197. The van der Waals surface area contributed by atoms with E-state index < -0.39 is 5.82 Å². The molecule has 48 heavy (non-hydrogen) atoms. The van der Waals surface area contributed by atoms with Crippen LogP contribution in [0.5, 0.6) is 0 Å². The Morgan fingerprint density at radius 2 is 1.54 bits per heavy atom. The lowest BCUT2D eigenvalue weighted by molar-refractivity contribution is -0.139. The minimum Gasteiger partial charge on any atom is -0.350 e. The quantitative estimate of drug-likeness (QED) is 0.206. The minimum absolute atomic E-state index is 0.0477. The Labute approximate surface area is 279 Å². The molecule has 3 aromatic carbocycles. The summed E-state index contributed by atoms with van der Waals surface area (Å²) in [5.41, 5.74) is 4.66. The number of amides is 1. The number of rotatable bonds is 7. The fraction of sp³-hybridized carbons (Fsp3) is 0.316. The molecule has 9 nitrogen and oxygen atoms in total. The maximum atomic E-state index is 15.1. The monoisotopic (exact) mass is 648 g/mol. The van der Waals surface area contributed by atoms with Gasteiger partial charge in [-0.2, -0.15) is 0 Å². The molecule has 0 radical (unpaired) electrons. The summed E-state index contributed by atoms with van der Waals surface area (Å²) in [7, 11) is 7.27. The van der Waals surface area contributed by atoms with Gasteiger partial charge < -0.3 is 19.4 Å². The summed E-state index contributed by atoms with van der Waals surface area (Å²) in [6.45, 7) is 5.48. The van der Waals surface area contributed by atoms with Crippen LogP contribution in [0.3, 0.4) is 0 Å². The zero-order valence-corrected chi connectivity index (χ0v) is 28.3. The number of likely N-dealkylation sites (N-methyl/N-ethyl adjacent to an activating group) is 2. The Hall–Kier alpha value is -5.09. The molecule has 2 fully saturated rings. The molecule has 1 amide bonds. The van der Waals surface area contributed by atoms with Crippen LogP contribution >= 0.6 is 0 Å². The number of carbonyl (C=O) groups is 2. The lowest BCUT2D eigenvalue weighted by Crippen LogP contribution is -2.48. The van der Waals surface area contributed by atoms with Crippen molar-refractivity contribution in [3.05, 3.63) is 111 Å². The van der Waals surface area contributed by atoms with Crippen LogP contribution in [-0.2, 0) is 18.9 Å². The predicted molar refractivity (Wildman–Crippen MR) is 187 cm³/mol. The highest BCUT2D eigenvalue weighted by Crippen LogP contribution is 2.40. The van der Waals surface area contributed by atoms with Crippen LogP contribution in [-0.4, -0.2) is 62.8 Å². The van der Waals surface area contributed by atoms with Crippen molar-refractivity contribution in [3.8, 4) is 11.3 Å². The summed E-state index contributed by atoms with van der Waals surface area (Å²) >= 11 is 0. The molecule has 5 aromatic rings. The van der Waals surface area contributed by atoms with Gasteiger partial charge in [-0.25, -0.2) is 9.37 Å². The lowest BCUT2D eigenvalue weighted by atomic mass is 9.98. The van der Waals surface area contributed by atoms with Gasteiger partial charge in [0, 0.05) is 74.3 Å². The summed E-state index contributed by atoms with van der Waals surface area (Å²) in [4.78, 5) is 48.0. The Bertz CT molecular complexity index is 2080. The number of anilines is 2. The van der Waals surface area contributed by atoms with Gasteiger partial charge >= 0.3 is 0 Å². The van der Waals surface area contributed by atoms with Crippen LogP contribution in [0.15, 0.2) is 77.9 Å². The van der Waals surface area contributed by atoms with E-state index in [2.05, 4.69) is 10.3 Å². The van der Waals surface area contributed by atoms with E-state index in [0.29, 0.717) is 40.4 Å². The van der Waals surface area contributed by atoms with Gasteiger partial charge in [-0.05, 0) is 73.3 Å². The number of piperazine rings is 1. The second-order valence-corrected chi connectivity index (χ2v) is 12.5. The van der Waals surface area contributed by atoms with Gasteiger partial charge in [0.15, 0.2) is 11.6 Å². The van der Waals surface area contributed by atoms with Crippen molar-refractivity contribution >= 4 is 34.1 Å². The third kappa shape index (κ3) is 6.15. The zero-order chi connectivity index (χ0) is 34.3. The number of nitrogens with one attached hydrogen (secondary N) is 1. The Kier molecular flexibility index (Phi) is 9.03. The Morgan fingerprint density at radius 1 is 0.833 bits per heavy atom. The molecular formula is C38H41FN6O3. The van der Waals surface area contributed by atoms with E-state index in [4.69, 9.17) is 0 Å². The molecule has 1 atom stereocenters. The molecule has 1 aliphatic heterocycles. The van der Waals surface area contributed by atoms with E-state index in [1.54, 1.807) is 30.4 Å². The molecule has 1 saturated heterocycles. The molecule has 1 aliphatic carbocycles. The van der Waals surface area contributed by atoms with Crippen molar-refractivity contribution in [3.63, 3.8) is 0 Å². The van der Waals surface area contributed by atoms with Crippen molar-refractivity contribution in [1.29, 1.82) is 0 Å². The largest absolute Gasteiger partial charge is 0.350 e. The van der Waals surface area contributed by atoms with Gasteiger partial charge in [0.2, 0.25) is 5.91 Å². The average molecular weight is 649 g/mol. The predicted octanol–water partition coefficient (Wildman–Crippen LogP) is 6.40. The van der Waals surface area contributed by atoms with Crippen molar-refractivity contribution in [1.82, 2.24) is 23.9 Å². The lowest BCUT2D eigenvalue weighted by Gasteiger charge is -2.37. The van der Waals surface area contributed by atoms with Crippen LogP contribution in [0.2, 0.25) is 0 Å². The number of aromatic nitrogens is 3. The van der Waals surface area contributed by atoms with E-state index in [0.717, 1.165) is 36.0 Å². The molecule has 2 aromatic heterocycles. The fourth-order valence-electron chi connectivity index (χ4n) is 6.32. The third-order valence-corrected chi connectivity index (χ3v) is 9.22. The van der Waals surface area contributed by atoms with Crippen LogP contribution < -0.4 is 10.9 Å². The molecule has 2 aliphatic rings. The normalized spacial score (nSPS) is 16.5. The summed E-state index contributed by atoms with van der Waals surface area (Å²) in [5.74, 6) is -0.302. The van der Waals surface area contributed by atoms with Gasteiger partial charge in [0.25, 0.3) is 5.56 Å². The Morgan fingerprint density at radius 3 is 2.23 bits per heavy atom. The molecule has 3 heterocycles. The van der Waals surface area contributed by atoms with Crippen molar-refractivity contribution in [2.24, 2.45) is 14.1 Å². The first-order valence-corrected chi connectivity index (χ1v) is 16.4. The standard InChI is InChI=1S/C36H35FN6O3.C2H6/c1-40-15-16-41(2)35(45)32(40)22-7-11-25(12-8-22)38-34-36(46)43(4)20-30(39-34)24-10-14-31-27(17-24)28(19-42(31)3)33(44)26-13-9-23(18-29(26)37)21-5-6-21;1-2/h7-14,17-21,32H,5-6,15-16H2,1-4H3,(H,38,39);1-2H3/t32-;/m1./s1. The summed E-state index contributed by atoms with van der Waals surface area (Å²) in [6, 6.07) is 17.7. The SMILES string of the molecule is CC.CN1CCN(C)[C@H](c2ccc(Nc3nc(-c4ccc5c(c4)c(C(=O)c4ccc(C6CC6)cc4F)cn5C)cn(C)c3=O)cc2)C1=O. The van der Waals surface area contributed by atoms with E-state index in [1.165, 1.54) is 10.6 Å². The van der Waals surface area contributed by atoms with Gasteiger partial charge in [-0.3, -0.25) is 19.3 Å². The van der Waals surface area contributed by atoms with E-state index in [1.807, 2.05) is 93.0 Å². The molecule has 1 N–H and O–H groups in total. The second-order valence-electron chi connectivity index (χ2n) is 12.5. The number of fused-ring (bicyclic) bond motifs is 1. The second kappa shape index (κ2) is 13.2. The maximum absolute atomic E-state index is 15.1. The fourth-order valence-corrected chi connectivity index (χ4v) is 6.32. The first-order valence-electron chi connectivity index (χ1n) is 16.4. The highest BCUT2D eigenvalue weighted by molar-refractivity contribution is 6.17. The number of benzene rings is 3. The smallest absolute Gasteiger partial charge is 0.293 e. The highest BCUT2D eigenvalue weighted by atomic mass is 19.1. The molecule has 7 rings (SSSR count). The van der Waals surface area contributed by atoms with Gasteiger partial charge in [-0.15, -0.1) is 0 Å².